The zero-order valence-electron chi connectivity index (χ0n) is 13.3. The molecule has 1 unspecified atom stereocenters. The lowest BCUT2D eigenvalue weighted by Gasteiger charge is -2.27. The predicted molar refractivity (Wildman–Crippen MR) is 92.2 cm³/mol. The van der Waals surface area contributed by atoms with Gasteiger partial charge >= 0.3 is 0 Å². The quantitative estimate of drug-likeness (QED) is 0.755. The predicted octanol–water partition coefficient (Wildman–Crippen LogP) is 1.86. The van der Waals surface area contributed by atoms with Crippen molar-refractivity contribution in [2.75, 3.05) is 24.6 Å². The number of rotatable bonds is 7. The van der Waals surface area contributed by atoms with Crippen LogP contribution in [0.25, 0.3) is 0 Å². The Morgan fingerprint density at radius 1 is 1.35 bits per heavy atom. The van der Waals surface area contributed by atoms with Crippen molar-refractivity contribution in [2.24, 2.45) is 0 Å². The highest BCUT2D eigenvalue weighted by Gasteiger charge is 2.33. The standard InChI is InChI=1S/C16H23ClN2O3S/c1-2-19(15-8-10-23(21,22)12-15)16(20)7-9-18-11-13-3-5-14(17)6-4-13/h3-6,15,18H,2,7-12H2,1H3. The van der Waals surface area contributed by atoms with Gasteiger partial charge in [0.1, 0.15) is 0 Å². The summed E-state index contributed by atoms with van der Waals surface area (Å²) in [6, 6.07) is 7.40. The van der Waals surface area contributed by atoms with Gasteiger partial charge in [0, 0.05) is 37.1 Å². The van der Waals surface area contributed by atoms with E-state index in [0.717, 1.165) is 5.56 Å². The molecule has 1 atom stereocenters. The molecular formula is C16H23ClN2O3S. The highest BCUT2D eigenvalue weighted by atomic mass is 35.5. The summed E-state index contributed by atoms with van der Waals surface area (Å²) in [7, 11) is -2.97. The molecule has 1 amide bonds. The number of benzene rings is 1. The second-order valence-electron chi connectivity index (χ2n) is 5.79. The molecule has 0 aliphatic carbocycles. The van der Waals surface area contributed by atoms with Gasteiger partial charge in [0.2, 0.25) is 5.91 Å². The van der Waals surface area contributed by atoms with E-state index in [9.17, 15) is 13.2 Å². The molecular weight excluding hydrogens is 336 g/mol. The van der Waals surface area contributed by atoms with Crippen LogP contribution in [0.1, 0.15) is 25.3 Å². The maximum atomic E-state index is 12.3. The summed E-state index contributed by atoms with van der Waals surface area (Å²) in [6.07, 6.45) is 0.929. The normalized spacial score (nSPS) is 19.7. The minimum absolute atomic E-state index is 0.0122. The zero-order chi connectivity index (χ0) is 16.9. The lowest BCUT2D eigenvalue weighted by Crippen LogP contribution is -2.41. The third-order valence-electron chi connectivity index (χ3n) is 4.07. The first-order valence-electron chi connectivity index (χ1n) is 7.86. The van der Waals surface area contributed by atoms with E-state index in [2.05, 4.69) is 5.32 Å². The van der Waals surface area contributed by atoms with E-state index in [1.54, 1.807) is 4.90 Å². The third kappa shape index (κ3) is 5.48. The van der Waals surface area contributed by atoms with Crippen LogP contribution >= 0.6 is 11.6 Å². The Morgan fingerprint density at radius 2 is 2.04 bits per heavy atom. The molecule has 1 aromatic carbocycles. The number of hydrogen-bond acceptors (Lipinski definition) is 4. The molecule has 1 aliphatic heterocycles. The van der Waals surface area contributed by atoms with E-state index in [1.807, 2.05) is 31.2 Å². The van der Waals surface area contributed by atoms with Gasteiger partial charge in [-0.05, 0) is 31.0 Å². The first-order valence-corrected chi connectivity index (χ1v) is 10.1. The van der Waals surface area contributed by atoms with E-state index >= 15 is 0 Å². The molecule has 1 aromatic rings. The summed E-state index contributed by atoms with van der Waals surface area (Å²) < 4.78 is 23.1. The molecule has 23 heavy (non-hydrogen) atoms. The summed E-state index contributed by atoms with van der Waals surface area (Å²) in [5, 5.41) is 3.93. The van der Waals surface area contributed by atoms with Crippen molar-refractivity contribution >= 4 is 27.3 Å². The first-order chi connectivity index (χ1) is 10.9. The van der Waals surface area contributed by atoms with Gasteiger partial charge in [-0.1, -0.05) is 23.7 Å². The Hall–Kier alpha value is -1.11. The molecule has 0 saturated carbocycles. The van der Waals surface area contributed by atoms with Gasteiger partial charge in [-0.25, -0.2) is 8.42 Å². The first kappa shape index (κ1) is 18.2. The molecule has 1 saturated heterocycles. The maximum Gasteiger partial charge on any atom is 0.224 e. The van der Waals surface area contributed by atoms with Crippen LogP contribution in [0, 0.1) is 0 Å². The fourth-order valence-electron chi connectivity index (χ4n) is 2.83. The summed E-state index contributed by atoms with van der Waals surface area (Å²) >= 11 is 5.83. The van der Waals surface area contributed by atoms with Crippen LogP contribution in [-0.4, -0.2) is 49.9 Å². The second kappa shape index (κ2) is 8.13. The number of hydrogen-bond donors (Lipinski definition) is 1. The number of amides is 1. The minimum atomic E-state index is -2.97. The Bertz CT molecular complexity index is 631. The van der Waals surface area contributed by atoms with Gasteiger partial charge in [-0.3, -0.25) is 4.79 Å². The molecule has 0 bridgehead atoms. The van der Waals surface area contributed by atoms with Gasteiger partial charge < -0.3 is 10.2 Å². The third-order valence-corrected chi connectivity index (χ3v) is 6.07. The molecule has 1 N–H and O–H groups in total. The maximum absolute atomic E-state index is 12.3. The van der Waals surface area contributed by atoms with Gasteiger partial charge in [0.05, 0.1) is 11.5 Å². The van der Waals surface area contributed by atoms with Crippen molar-refractivity contribution in [3.05, 3.63) is 34.9 Å². The number of halogens is 1. The Balaban J connectivity index is 1.75. The van der Waals surface area contributed by atoms with Crippen molar-refractivity contribution < 1.29 is 13.2 Å². The molecule has 1 heterocycles. The van der Waals surface area contributed by atoms with E-state index in [4.69, 9.17) is 11.6 Å². The largest absolute Gasteiger partial charge is 0.339 e. The second-order valence-corrected chi connectivity index (χ2v) is 8.46. The van der Waals surface area contributed by atoms with E-state index in [-0.39, 0.29) is 23.5 Å². The summed E-state index contributed by atoms with van der Waals surface area (Å²) in [4.78, 5) is 14.0. The van der Waals surface area contributed by atoms with Gasteiger partial charge in [-0.15, -0.1) is 0 Å². The molecule has 0 radical (unpaired) electrons. The molecule has 1 fully saturated rings. The molecule has 1 aliphatic rings. The number of nitrogens with one attached hydrogen (secondary N) is 1. The number of carbonyl (C=O) groups is 1. The molecule has 2 rings (SSSR count). The summed E-state index contributed by atoms with van der Waals surface area (Å²) in [6.45, 7) is 3.69. The van der Waals surface area contributed by atoms with Crippen LogP contribution < -0.4 is 5.32 Å². The smallest absolute Gasteiger partial charge is 0.224 e. The molecule has 0 aromatic heterocycles. The fraction of sp³-hybridized carbons (Fsp3) is 0.562. The van der Waals surface area contributed by atoms with Crippen LogP contribution in [0.3, 0.4) is 0 Å². The van der Waals surface area contributed by atoms with E-state index in [0.29, 0.717) is 37.5 Å². The van der Waals surface area contributed by atoms with Crippen molar-refractivity contribution in [1.29, 1.82) is 0 Å². The number of nitrogens with zero attached hydrogens (tertiary/aromatic N) is 1. The molecule has 128 valence electrons. The Kier molecular flexibility index (Phi) is 6.44. The molecule has 7 heteroatoms. The zero-order valence-corrected chi connectivity index (χ0v) is 14.9. The van der Waals surface area contributed by atoms with Gasteiger partial charge in [0.25, 0.3) is 0 Å². The van der Waals surface area contributed by atoms with Gasteiger partial charge in [-0.2, -0.15) is 0 Å². The van der Waals surface area contributed by atoms with Crippen molar-refractivity contribution in [3.8, 4) is 0 Å². The minimum Gasteiger partial charge on any atom is -0.339 e. The topological polar surface area (TPSA) is 66.5 Å². The number of carbonyl (C=O) groups excluding carboxylic acids is 1. The van der Waals surface area contributed by atoms with Crippen molar-refractivity contribution in [1.82, 2.24) is 10.2 Å². The number of sulfone groups is 1. The van der Waals surface area contributed by atoms with Crippen molar-refractivity contribution in [3.63, 3.8) is 0 Å². The highest BCUT2D eigenvalue weighted by molar-refractivity contribution is 7.91. The van der Waals surface area contributed by atoms with Crippen LogP contribution in [0.2, 0.25) is 5.02 Å². The highest BCUT2D eigenvalue weighted by Crippen LogP contribution is 2.18. The molecule has 0 spiro atoms. The summed E-state index contributed by atoms with van der Waals surface area (Å²) in [5.41, 5.74) is 1.11. The van der Waals surface area contributed by atoms with Crippen LogP contribution in [0.5, 0.6) is 0 Å². The van der Waals surface area contributed by atoms with Crippen LogP contribution in [-0.2, 0) is 21.2 Å². The fourth-order valence-corrected chi connectivity index (χ4v) is 4.69. The lowest BCUT2D eigenvalue weighted by atomic mass is 10.2. The van der Waals surface area contributed by atoms with Crippen LogP contribution in [0.4, 0.5) is 0 Å². The average molecular weight is 359 g/mol. The van der Waals surface area contributed by atoms with Gasteiger partial charge in [0.15, 0.2) is 9.84 Å². The molecule has 5 nitrogen and oxygen atoms in total. The Labute approximate surface area is 142 Å². The Morgan fingerprint density at radius 3 is 2.61 bits per heavy atom. The van der Waals surface area contributed by atoms with E-state index in [1.165, 1.54) is 0 Å². The average Bonchev–Trinajstić information content (AvgIpc) is 2.86. The van der Waals surface area contributed by atoms with E-state index < -0.39 is 9.84 Å². The monoisotopic (exact) mass is 358 g/mol. The van der Waals surface area contributed by atoms with Crippen molar-refractivity contribution in [2.45, 2.75) is 32.4 Å². The van der Waals surface area contributed by atoms with Crippen LogP contribution in [0.15, 0.2) is 24.3 Å². The SMILES string of the molecule is CCN(C(=O)CCNCc1ccc(Cl)cc1)C1CCS(=O)(=O)C1. The lowest BCUT2D eigenvalue weighted by molar-refractivity contribution is -0.132. The summed E-state index contributed by atoms with van der Waals surface area (Å²) in [5.74, 6) is 0.305.